The Bertz CT molecular complexity index is 773. The van der Waals surface area contributed by atoms with Gasteiger partial charge in [0, 0.05) is 18.5 Å². The number of halogens is 1. The minimum absolute atomic E-state index is 0.145. The van der Waals surface area contributed by atoms with Crippen LogP contribution in [0.25, 0.3) is 0 Å². The molecule has 0 aliphatic heterocycles. The van der Waals surface area contributed by atoms with Gasteiger partial charge in [-0.1, -0.05) is 49.7 Å². The summed E-state index contributed by atoms with van der Waals surface area (Å²) in [6.07, 6.45) is 0.150. The van der Waals surface area contributed by atoms with Gasteiger partial charge in [0.05, 0.1) is 19.1 Å². The van der Waals surface area contributed by atoms with E-state index in [0.29, 0.717) is 24.1 Å². The Morgan fingerprint density at radius 1 is 1.04 bits per heavy atom. The van der Waals surface area contributed by atoms with Gasteiger partial charge in [-0.05, 0) is 41.3 Å². The summed E-state index contributed by atoms with van der Waals surface area (Å²) in [4.78, 5) is 23.9. The van der Waals surface area contributed by atoms with Crippen LogP contribution in [-0.2, 0) is 16.1 Å². The second kappa shape index (κ2) is 10.7. The topological polar surface area (TPSA) is 67.4 Å². The molecule has 28 heavy (non-hydrogen) atoms. The maximum absolute atomic E-state index is 12.4. The molecular formula is C22H27ClN2O3. The zero-order chi connectivity index (χ0) is 20.5. The highest BCUT2D eigenvalue weighted by Crippen LogP contribution is 2.20. The molecule has 2 aromatic carbocycles. The van der Waals surface area contributed by atoms with Crippen molar-refractivity contribution in [1.82, 2.24) is 10.6 Å². The van der Waals surface area contributed by atoms with E-state index < -0.39 is 6.04 Å². The summed E-state index contributed by atoms with van der Waals surface area (Å²) < 4.78 is 5.66. The molecule has 2 aromatic rings. The monoisotopic (exact) mass is 402 g/mol. The summed E-state index contributed by atoms with van der Waals surface area (Å²) in [5.41, 5.74) is 1.81. The van der Waals surface area contributed by atoms with Crippen LogP contribution in [0.15, 0.2) is 48.5 Å². The van der Waals surface area contributed by atoms with Gasteiger partial charge in [0.15, 0.2) is 0 Å². The molecule has 0 bridgehead atoms. The Labute approximate surface area is 171 Å². The summed E-state index contributed by atoms with van der Waals surface area (Å²) in [6, 6.07) is 14.4. The third-order valence-corrected chi connectivity index (χ3v) is 4.29. The Morgan fingerprint density at radius 2 is 1.68 bits per heavy atom. The number of carbonyl (C=O) groups excluding carboxylic acids is 2. The number of ether oxygens (including phenoxy) is 1. The quantitative estimate of drug-likeness (QED) is 0.658. The van der Waals surface area contributed by atoms with Gasteiger partial charge < -0.3 is 15.4 Å². The van der Waals surface area contributed by atoms with Gasteiger partial charge in [0.25, 0.3) is 0 Å². The van der Waals surface area contributed by atoms with E-state index in [1.165, 1.54) is 6.92 Å². The van der Waals surface area contributed by atoms with Crippen molar-refractivity contribution >= 4 is 23.4 Å². The van der Waals surface area contributed by atoms with E-state index in [0.717, 1.165) is 16.9 Å². The molecule has 1 unspecified atom stereocenters. The van der Waals surface area contributed by atoms with Crippen molar-refractivity contribution < 1.29 is 14.3 Å². The van der Waals surface area contributed by atoms with Crippen molar-refractivity contribution in [3.8, 4) is 5.75 Å². The Hall–Kier alpha value is -2.53. The first-order valence-electron chi connectivity index (χ1n) is 9.34. The number of carbonyl (C=O) groups is 2. The lowest BCUT2D eigenvalue weighted by atomic mass is 10.0. The minimum atomic E-state index is -0.401. The Kier molecular flexibility index (Phi) is 8.33. The molecule has 5 nitrogen and oxygen atoms in total. The van der Waals surface area contributed by atoms with E-state index in [1.807, 2.05) is 36.4 Å². The van der Waals surface area contributed by atoms with Gasteiger partial charge in [0.2, 0.25) is 11.8 Å². The third kappa shape index (κ3) is 7.61. The first-order valence-corrected chi connectivity index (χ1v) is 9.72. The van der Waals surface area contributed by atoms with Crippen LogP contribution in [0.1, 0.15) is 44.4 Å². The molecule has 0 aliphatic carbocycles. The van der Waals surface area contributed by atoms with Crippen LogP contribution < -0.4 is 15.4 Å². The predicted octanol–water partition coefficient (Wildman–Crippen LogP) is 4.26. The van der Waals surface area contributed by atoms with Gasteiger partial charge in [0.1, 0.15) is 5.75 Å². The zero-order valence-corrected chi connectivity index (χ0v) is 17.3. The molecule has 6 heteroatoms. The molecule has 2 amide bonds. The van der Waals surface area contributed by atoms with Crippen molar-refractivity contribution in [2.75, 3.05) is 6.61 Å². The number of benzene rings is 2. The fourth-order valence-electron chi connectivity index (χ4n) is 2.62. The standard InChI is InChI=1S/C22H27ClN2O3/c1-15(2)14-28-20-10-4-17(5-11-20)13-24-22(27)12-21(25-16(3)26)18-6-8-19(23)9-7-18/h4-11,15,21H,12-14H2,1-3H3,(H,24,27)(H,25,26). The van der Waals surface area contributed by atoms with Crippen LogP contribution in [0, 0.1) is 5.92 Å². The van der Waals surface area contributed by atoms with Gasteiger partial charge in [-0.3, -0.25) is 9.59 Å². The smallest absolute Gasteiger partial charge is 0.222 e. The summed E-state index contributed by atoms with van der Waals surface area (Å²) in [5, 5.41) is 6.32. The number of hydrogen-bond acceptors (Lipinski definition) is 3. The van der Waals surface area contributed by atoms with Crippen LogP contribution in [0.2, 0.25) is 5.02 Å². The number of nitrogens with one attached hydrogen (secondary N) is 2. The van der Waals surface area contributed by atoms with Crippen LogP contribution in [0.4, 0.5) is 0 Å². The molecule has 0 aliphatic rings. The van der Waals surface area contributed by atoms with E-state index >= 15 is 0 Å². The highest BCUT2D eigenvalue weighted by molar-refractivity contribution is 6.30. The highest BCUT2D eigenvalue weighted by Gasteiger charge is 2.17. The summed E-state index contributed by atoms with van der Waals surface area (Å²) in [7, 11) is 0. The van der Waals surface area contributed by atoms with Gasteiger partial charge >= 0.3 is 0 Å². The van der Waals surface area contributed by atoms with E-state index in [4.69, 9.17) is 16.3 Å². The Morgan fingerprint density at radius 3 is 2.25 bits per heavy atom. The molecule has 0 aromatic heterocycles. The molecule has 0 heterocycles. The number of hydrogen-bond donors (Lipinski definition) is 2. The number of rotatable bonds is 9. The first kappa shape index (κ1) is 21.8. The minimum Gasteiger partial charge on any atom is -0.493 e. The molecule has 0 radical (unpaired) electrons. The van der Waals surface area contributed by atoms with Crippen LogP contribution in [0.3, 0.4) is 0 Å². The van der Waals surface area contributed by atoms with Crippen LogP contribution in [0.5, 0.6) is 5.75 Å². The third-order valence-electron chi connectivity index (χ3n) is 4.04. The maximum Gasteiger partial charge on any atom is 0.222 e. The SMILES string of the molecule is CC(=O)NC(CC(=O)NCc1ccc(OCC(C)C)cc1)c1ccc(Cl)cc1. The van der Waals surface area contributed by atoms with Crippen molar-refractivity contribution in [1.29, 1.82) is 0 Å². The van der Waals surface area contributed by atoms with Crippen molar-refractivity contribution in [2.24, 2.45) is 5.92 Å². The second-order valence-electron chi connectivity index (χ2n) is 7.13. The van der Waals surface area contributed by atoms with Crippen molar-refractivity contribution in [3.63, 3.8) is 0 Å². The molecule has 0 saturated carbocycles. The molecule has 150 valence electrons. The normalized spacial score (nSPS) is 11.8. The summed E-state index contributed by atoms with van der Waals surface area (Å²) >= 11 is 5.92. The summed E-state index contributed by atoms with van der Waals surface area (Å²) in [5.74, 6) is 0.951. The van der Waals surface area contributed by atoms with E-state index in [2.05, 4.69) is 24.5 Å². The lowest BCUT2D eigenvalue weighted by molar-refractivity contribution is -0.122. The molecule has 0 spiro atoms. The zero-order valence-electron chi connectivity index (χ0n) is 16.5. The molecule has 1 atom stereocenters. The largest absolute Gasteiger partial charge is 0.493 e. The highest BCUT2D eigenvalue weighted by atomic mass is 35.5. The average molecular weight is 403 g/mol. The summed E-state index contributed by atoms with van der Waals surface area (Å²) in [6.45, 7) is 6.72. The molecule has 0 saturated heterocycles. The fourth-order valence-corrected chi connectivity index (χ4v) is 2.74. The first-order chi connectivity index (χ1) is 13.3. The molecule has 2 rings (SSSR count). The number of amides is 2. The fraction of sp³-hybridized carbons (Fsp3) is 0.364. The lowest BCUT2D eigenvalue weighted by Crippen LogP contribution is -2.32. The maximum atomic E-state index is 12.4. The van der Waals surface area contributed by atoms with Gasteiger partial charge in [-0.2, -0.15) is 0 Å². The van der Waals surface area contributed by atoms with E-state index in [1.54, 1.807) is 12.1 Å². The predicted molar refractivity (Wildman–Crippen MR) is 111 cm³/mol. The van der Waals surface area contributed by atoms with Crippen LogP contribution in [-0.4, -0.2) is 18.4 Å². The van der Waals surface area contributed by atoms with E-state index in [-0.39, 0.29) is 18.2 Å². The lowest BCUT2D eigenvalue weighted by Gasteiger charge is -2.18. The van der Waals surface area contributed by atoms with Gasteiger partial charge in [-0.15, -0.1) is 0 Å². The van der Waals surface area contributed by atoms with Crippen molar-refractivity contribution in [2.45, 2.75) is 39.8 Å². The average Bonchev–Trinajstić information content (AvgIpc) is 2.65. The molecule has 2 N–H and O–H groups in total. The molecular weight excluding hydrogens is 376 g/mol. The van der Waals surface area contributed by atoms with Crippen LogP contribution >= 0.6 is 11.6 Å². The molecule has 0 fully saturated rings. The Balaban J connectivity index is 1.89. The van der Waals surface area contributed by atoms with Crippen molar-refractivity contribution in [3.05, 3.63) is 64.7 Å². The van der Waals surface area contributed by atoms with E-state index in [9.17, 15) is 9.59 Å². The van der Waals surface area contributed by atoms with Gasteiger partial charge in [-0.25, -0.2) is 0 Å². The second-order valence-corrected chi connectivity index (χ2v) is 7.57.